The number of benzene rings is 2. The van der Waals surface area contributed by atoms with Gasteiger partial charge in [0, 0.05) is 11.1 Å². The van der Waals surface area contributed by atoms with Gasteiger partial charge in [-0.3, -0.25) is 14.9 Å². The number of carbonyl (C=O) groups excluding carboxylic acids is 2. The Bertz CT molecular complexity index is 940. The predicted molar refractivity (Wildman–Crippen MR) is 97.4 cm³/mol. The van der Waals surface area contributed by atoms with E-state index in [1.54, 1.807) is 0 Å². The highest BCUT2D eigenvalue weighted by atomic mass is 32.1. The van der Waals surface area contributed by atoms with Crippen LogP contribution in [0.4, 0.5) is 9.52 Å². The van der Waals surface area contributed by atoms with Gasteiger partial charge in [-0.15, -0.1) is 10.2 Å². The lowest BCUT2D eigenvalue weighted by Crippen LogP contribution is -2.32. The van der Waals surface area contributed by atoms with E-state index < -0.39 is 17.6 Å². The van der Waals surface area contributed by atoms with Crippen LogP contribution < -0.4 is 10.6 Å². The Kier molecular flexibility index (Phi) is 5.33. The molecule has 2 N–H and O–H groups in total. The van der Waals surface area contributed by atoms with Gasteiger partial charge in [0.2, 0.25) is 11.0 Å². The van der Waals surface area contributed by atoms with Crippen molar-refractivity contribution in [3.63, 3.8) is 0 Å². The number of amides is 2. The first-order valence-corrected chi connectivity index (χ1v) is 8.57. The summed E-state index contributed by atoms with van der Waals surface area (Å²) in [6, 6.07) is 13.0. The van der Waals surface area contributed by atoms with Gasteiger partial charge in [0.1, 0.15) is 10.8 Å². The minimum atomic E-state index is -0.530. The van der Waals surface area contributed by atoms with Crippen LogP contribution in [0.25, 0.3) is 10.6 Å². The summed E-state index contributed by atoms with van der Waals surface area (Å²) in [6.45, 7) is 1.74. The molecule has 0 fully saturated rings. The maximum Gasteiger partial charge on any atom is 0.251 e. The molecule has 3 rings (SSSR count). The summed E-state index contributed by atoms with van der Waals surface area (Å²) >= 11 is 1.24. The van der Waals surface area contributed by atoms with Crippen LogP contribution >= 0.6 is 11.3 Å². The minimum Gasteiger partial charge on any atom is -0.343 e. The highest BCUT2D eigenvalue weighted by Crippen LogP contribution is 2.26. The molecule has 0 saturated carbocycles. The Morgan fingerprint density at radius 1 is 1.12 bits per heavy atom. The fourth-order valence-electron chi connectivity index (χ4n) is 2.14. The number of aryl methyl sites for hydroxylation is 1. The first-order valence-electron chi connectivity index (χ1n) is 7.75. The van der Waals surface area contributed by atoms with Crippen molar-refractivity contribution in [2.45, 2.75) is 6.92 Å². The van der Waals surface area contributed by atoms with Gasteiger partial charge in [0.05, 0.1) is 6.54 Å². The van der Waals surface area contributed by atoms with Crippen LogP contribution in [-0.2, 0) is 4.79 Å². The SMILES string of the molecule is Cc1ccc(-c2nnc(NC(=O)CNC(=O)c3cccc(F)c3)s2)cc1. The van der Waals surface area contributed by atoms with Gasteiger partial charge in [-0.1, -0.05) is 47.2 Å². The lowest BCUT2D eigenvalue weighted by Gasteiger charge is -2.04. The third kappa shape index (κ3) is 4.48. The molecule has 0 bridgehead atoms. The van der Waals surface area contributed by atoms with Gasteiger partial charge >= 0.3 is 0 Å². The lowest BCUT2D eigenvalue weighted by atomic mass is 10.2. The maximum absolute atomic E-state index is 13.1. The Hall–Kier alpha value is -3.13. The zero-order valence-corrected chi connectivity index (χ0v) is 14.6. The van der Waals surface area contributed by atoms with Gasteiger partial charge in [0.25, 0.3) is 5.91 Å². The summed E-state index contributed by atoms with van der Waals surface area (Å²) in [5, 5.41) is 14.0. The first-order chi connectivity index (χ1) is 12.5. The van der Waals surface area contributed by atoms with Crippen molar-refractivity contribution >= 4 is 28.3 Å². The molecule has 8 heteroatoms. The zero-order chi connectivity index (χ0) is 18.5. The first kappa shape index (κ1) is 17.7. The van der Waals surface area contributed by atoms with Gasteiger partial charge in [-0.05, 0) is 25.1 Å². The van der Waals surface area contributed by atoms with E-state index in [9.17, 15) is 14.0 Å². The molecule has 0 spiro atoms. The number of anilines is 1. The summed E-state index contributed by atoms with van der Waals surface area (Å²) in [5.74, 6) is -1.49. The van der Waals surface area contributed by atoms with Crippen LogP contribution in [0.3, 0.4) is 0 Å². The van der Waals surface area contributed by atoms with E-state index in [0.29, 0.717) is 10.1 Å². The number of nitrogens with one attached hydrogen (secondary N) is 2. The standard InChI is InChI=1S/C18H15FN4O2S/c1-11-5-7-12(8-6-11)17-22-23-18(26-17)21-15(24)10-20-16(25)13-3-2-4-14(19)9-13/h2-9H,10H2,1H3,(H,20,25)(H,21,23,24). The predicted octanol–water partition coefficient (Wildman–Crippen LogP) is 3.02. The van der Waals surface area contributed by atoms with E-state index in [2.05, 4.69) is 20.8 Å². The molecule has 0 unspecified atom stereocenters. The summed E-state index contributed by atoms with van der Waals surface area (Å²) in [7, 11) is 0. The van der Waals surface area contributed by atoms with Crippen molar-refractivity contribution in [2.24, 2.45) is 0 Å². The highest BCUT2D eigenvalue weighted by Gasteiger charge is 2.12. The number of halogens is 1. The molecule has 2 amide bonds. The van der Waals surface area contributed by atoms with Crippen LogP contribution in [0.5, 0.6) is 0 Å². The number of aromatic nitrogens is 2. The van der Waals surface area contributed by atoms with Crippen LogP contribution in [0.2, 0.25) is 0 Å². The van der Waals surface area contributed by atoms with E-state index >= 15 is 0 Å². The largest absolute Gasteiger partial charge is 0.343 e. The minimum absolute atomic E-state index is 0.148. The second-order valence-corrected chi connectivity index (χ2v) is 6.50. The number of nitrogens with zero attached hydrogens (tertiary/aromatic N) is 2. The Labute approximate surface area is 153 Å². The molecule has 0 aliphatic carbocycles. The number of hydrogen-bond acceptors (Lipinski definition) is 5. The molecule has 1 aromatic heterocycles. The summed E-state index contributed by atoms with van der Waals surface area (Å²) in [4.78, 5) is 23.8. The van der Waals surface area contributed by atoms with Gasteiger partial charge < -0.3 is 5.32 Å². The van der Waals surface area contributed by atoms with Gasteiger partial charge in [-0.2, -0.15) is 0 Å². The monoisotopic (exact) mass is 370 g/mol. The highest BCUT2D eigenvalue weighted by molar-refractivity contribution is 7.18. The van der Waals surface area contributed by atoms with Crippen molar-refractivity contribution < 1.29 is 14.0 Å². The number of carbonyl (C=O) groups is 2. The van der Waals surface area contributed by atoms with Crippen LogP contribution in [0.15, 0.2) is 48.5 Å². The average molecular weight is 370 g/mol. The molecule has 26 heavy (non-hydrogen) atoms. The maximum atomic E-state index is 13.1. The molecule has 0 saturated heterocycles. The van der Waals surface area contributed by atoms with Crippen molar-refractivity contribution in [3.8, 4) is 10.6 Å². The Balaban J connectivity index is 1.55. The van der Waals surface area contributed by atoms with Gasteiger partial charge in [-0.25, -0.2) is 4.39 Å². The van der Waals surface area contributed by atoms with Crippen molar-refractivity contribution in [3.05, 3.63) is 65.5 Å². The van der Waals surface area contributed by atoms with Crippen molar-refractivity contribution in [1.82, 2.24) is 15.5 Å². The fourth-order valence-corrected chi connectivity index (χ4v) is 2.91. The van der Waals surface area contributed by atoms with Gasteiger partial charge in [0.15, 0.2) is 0 Å². The normalized spacial score (nSPS) is 10.4. The molecule has 0 radical (unpaired) electrons. The molecule has 2 aromatic carbocycles. The van der Waals surface area contributed by atoms with E-state index in [1.807, 2.05) is 31.2 Å². The molecule has 0 atom stereocenters. The van der Waals surface area contributed by atoms with E-state index in [0.717, 1.165) is 17.2 Å². The van der Waals surface area contributed by atoms with Crippen LogP contribution in [-0.4, -0.2) is 28.6 Å². The molecule has 3 aromatic rings. The molecule has 0 aliphatic heterocycles. The Morgan fingerprint density at radius 2 is 1.88 bits per heavy atom. The zero-order valence-electron chi connectivity index (χ0n) is 13.8. The summed E-state index contributed by atoms with van der Waals surface area (Å²) in [5.41, 5.74) is 2.20. The Morgan fingerprint density at radius 3 is 2.62 bits per heavy atom. The second-order valence-electron chi connectivity index (χ2n) is 5.52. The van der Waals surface area contributed by atoms with E-state index in [4.69, 9.17) is 0 Å². The smallest absolute Gasteiger partial charge is 0.251 e. The van der Waals surface area contributed by atoms with Crippen LogP contribution in [0, 0.1) is 12.7 Å². The molecule has 0 aliphatic rings. The number of rotatable bonds is 5. The molecule has 132 valence electrons. The quantitative estimate of drug-likeness (QED) is 0.723. The molecule has 6 nitrogen and oxygen atoms in total. The average Bonchev–Trinajstić information content (AvgIpc) is 3.08. The number of hydrogen-bond donors (Lipinski definition) is 2. The fraction of sp³-hybridized carbons (Fsp3) is 0.111. The van der Waals surface area contributed by atoms with E-state index in [1.165, 1.54) is 29.5 Å². The third-order valence-corrected chi connectivity index (χ3v) is 4.35. The van der Waals surface area contributed by atoms with Crippen molar-refractivity contribution in [2.75, 3.05) is 11.9 Å². The van der Waals surface area contributed by atoms with E-state index in [-0.39, 0.29) is 12.1 Å². The topological polar surface area (TPSA) is 84.0 Å². The van der Waals surface area contributed by atoms with Crippen LogP contribution in [0.1, 0.15) is 15.9 Å². The van der Waals surface area contributed by atoms with Crippen molar-refractivity contribution in [1.29, 1.82) is 0 Å². The third-order valence-electron chi connectivity index (χ3n) is 3.47. The second kappa shape index (κ2) is 7.83. The summed E-state index contributed by atoms with van der Waals surface area (Å²) in [6.07, 6.45) is 0. The summed E-state index contributed by atoms with van der Waals surface area (Å²) < 4.78 is 13.1. The lowest BCUT2D eigenvalue weighted by molar-refractivity contribution is -0.115. The molecular formula is C18H15FN4O2S. The molecule has 1 heterocycles. The molecular weight excluding hydrogens is 355 g/mol.